The number of nitrogens with zero attached hydrogens (tertiary/aromatic N) is 2. The van der Waals surface area contributed by atoms with E-state index in [1.54, 1.807) is 6.33 Å². The van der Waals surface area contributed by atoms with Gasteiger partial charge in [0.05, 0.1) is 0 Å². The molecule has 0 saturated heterocycles. The number of hydrogen-bond donors (Lipinski definition) is 2. The Hall–Kier alpha value is -0.840. The lowest BCUT2D eigenvalue weighted by Gasteiger charge is -2.12. The van der Waals surface area contributed by atoms with E-state index in [1.807, 2.05) is 7.05 Å². The van der Waals surface area contributed by atoms with Gasteiger partial charge in [0.2, 0.25) is 0 Å². The number of aromatic nitrogens is 2. The number of anilines is 2. The highest BCUT2D eigenvalue weighted by molar-refractivity contribution is 9.10. The van der Waals surface area contributed by atoms with Crippen molar-refractivity contribution < 1.29 is 0 Å². The maximum atomic E-state index is 4.21. The second-order valence-electron chi connectivity index (χ2n) is 4.30. The minimum atomic E-state index is 0.476. The van der Waals surface area contributed by atoms with Crippen LogP contribution in [0.5, 0.6) is 0 Å². The first-order chi connectivity index (χ1) is 7.14. The zero-order valence-electron chi connectivity index (χ0n) is 8.97. The van der Waals surface area contributed by atoms with Gasteiger partial charge in [0.25, 0.3) is 0 Å². The highest BCUT2D eigenvalue weighted by Crippen LogP contribution is 2.45. The molecule has 0 amide bonds. The molecular formula is C10H15BrN4. The van der Waals surface area contributed by atoms with Crippen molar-refractivity contribution in [1.29, 1.82) is 0 Å². The van der Waals surface area contributed by atoms with E-state index in [1.165, 1.54) is 12.8 Å². The molecule has 1 heterocycles. The molecule has 1 aliphatic rings. The summed E-state index contributed by atoms with van der Waals surface area (Å²) in [6, 6.07) is 0. The molecule has 0 unspecified atom stereocenters. The molecule has 0 radical (unpaired) electrons. The van der Waals surface area contributed by atoms with Crippen molar-refractivity contribution in [3.05, 3.63) is 10.8 Å². The minimum absolute atomic E-state index is 0.476. The largest absolute Gasteiger partial charge is 0.372 e. The Labute approximate surface area is 98.0 Å². The van der Waals surface area contributed by atoms with Crippen LogP contribution in [0.1, 0.15) is 19.8 Å². The molecule has 2 rings (SSSR count). The number of rotatable bonds is 4. The van der Waals surface area contributed by atoms with Crippen LogP contribution in [0.15, 0.2) is 10.8 Å². The Kier molecular flexibility index (Phi) is 2.82. The summed E-state index contributed by atoms with van der Waals surface area (Å²) in [6.07, 6.45) is 4.18. The van der Waals surface area contributed by atoms with Crippen LogP contribution in [0, 0.1) is 5.41 Å². The fraction of sp³-hybridized carbons (Fsp3) is 0.600. The lowest BCUT2D eigenvalue weighted by molar-refractivity contribution is 0.609. The van der Waals surface area contributed by atoms with Crippen molar-refractivity contribution in [3.63, 3.8) is 0 Å². The summed E-state index contributed by atoms with van der Waals surface area (Å²) in [5, 5.41) is 6.36. The Morgan fingerprint density at radius 2 is 2.07 bits per heavy atom. The highest BCUT2D eigenvalue weighted by Gasteiger charge is 2.37. The monoisotopic (exact) mass is 270 g/mol. The maximum absolute atomic E-state index is 4.21. The molecule has 0 aromatic carbocycles. The van der Waals surface area contributed by atoms with E-state index >= 15 is 0 Å². The van der Waals surface area contributed by atoms with E-state index in [2.05, 4.69) is 43.5 Å². The fourth-order valence-corrected chi connectivity index (χ4v) is 1.90. The minimum Gasteiger partial charge on any atom is -0.372 e. The fourth-order valence-electron chi connectivity index (χ4n) is 1.35. The third-order valence-electron chi connectivity index (χ3n) is 2.81. The topological polar surface area (TPSA) is 49.8 Å². The number of hydrogen-bond acceptors (Lipinski definition) is 4. The molecule has 15 heavy (non-hydrogen) atoms. The molecule has 2 N–H and O–H groups in total. The zero-order chi connectivity index (χ0) is 10.9. The normalized spacial score (nSPS) is 17.3. The summed E-state index contributed by atoms with van der Waals surface area (Å²) >= 11 is 3.48. The first kappa shape index (κ1) is 10.7. The molecule has 0 aliphatic heterocycles. The summed E-state index contributed by atoms with van der Waals surface area (Å²) in [7, 11) is 1.85. The van der Waals surface area contributed by atoms with Gasteiger partial charge >= 0.3 is 0 Å². The molecule has 0 bridgehead atoms. The van der Waals surface area contributed by atoms with E-state index < -0.39 is 0 Å². The first-order valence-corrected chi connectivity index (χ1v) is 5.86. The van der Waals surface area contributed by atoms with Crippen LogP contribution in [0.25, 0.3) is 0 Å². The summed E-state index contributed by atoms with van der Waals surface area (Å²) in [4.78, 5) is 8.32. The van der Waals surface area contributed by atoms with E-state index in [0.29, 0.717) is 5.41 Å². The van der Waals surface area contributed by atoms with Crippen LogP contribution < -0.4 is 10.6 Å². The van der Waals surface area contributed by atoms with Gasteiger partial charge in [0, 0.05) is 13.6 Å². The second-order valence-corrected chi connectivity index (χ2v) is 5.09. The van der Waals surface area contributed by atoms with Crippen molar-refractivity contribution in [3.8, 4) is 0 Å². The van der Waals surface area contributed by atoms with Crippen LogP contribution in [0.4, 0.5) is 11.6 Å². The standard InChI is InChI=1S/C10H15BrN4/c1-10(3-4-10)5-13-9-7(11)8(12-2)14-6-15-9/h6H,3-5H2,1-2H3,(H2,12,13,14,15). The van der Waals surface area contributed by atoms with E-state index in [0.717, 1.165) is 22.7 Å². The smallest absolute Gasteiger partial charge is 0.145 e. The van der Waals surface area contributed by atoms with Crippen LogP contribution in [0.3, 0.4) is 0 Å². The van der Waals surface area contributed by atoms with Crippen molar-refractivity contribution in [2.45, 2.75) is 19.8 Å². The number of nitrogens with one attached hydrogen (secondary N) is 2. The summed E-state index contributed by atoms with van der Waals surface area (Å²) < 4.78 is 0.900. The first-order valence-electron chi connectivity index (χ1n) is 5.07. The molecular weight excluding hydrogens is 256 g/mol. The molecule has 0 atom stereocenters. The summed E-state index contributed by atoms with van der Waals surface area (Å²) in [6.45, 7) is 3.26. The van der Waals surface area contributed by atoms with Crippen molar-refractivity contribution >= 4 is 27.6 Å². The molecule has 1 saturated carbocycles. The van der Waals surface area contributed by atoms with Gasteiger partial charge in [0.1, 0.15) is 22.4 Å². The van der Waals surface area contributed by atoms with Gasteiger partial charge in [-0.15, -0.1) is 0 Å². The highest BCUT2D eigenvalue weighted by atomic mass is 79.9. The van der Waals surface area contributed by atoms with Crippen LogP contribution in [-0.4, -0.2) is 23.6 Å². The third kappa shape index (κ3) is 2.40. The van der Waals surface area contributed by atoms with Crippen molar-refractivity contribution in [1.82, 2.24) is 9.97 Å². The van der Waals surface area contributed by atoms with Gasteiger partial charge in [0.15, 0.2) is 0 Å². The molecule has 4 nitrogen and oxygen atoms in total. The van der Waals surface area contributed by atoms with Gasteiger partial charge in [-0.05, 0) is 34.2 Å². The van der Waals surface area contributed by atoms with Crippen molar-refractivity contribution in [2.24, 2.45) is 5.41 Å². The van der Waals surface area contributed by atoms with Gasteiger partial charge in [-0.1, -0.05) is 6.92 Å². The second kappa shape index (κ2) is 3.96. The lowest BCUT2D eigenvalue weighted by Crippen LogP contribution is -2.13. The molecule has 82 valence electrons. The van der Waals surface area contributed by atoms with Crippen LogP contribution in [0.2, 0.25) is 0 Å². The summed E-state index contributed by atoms with van der Waals surface area (Å²) in [5.74, 6) is 1.68. The maximum Gasteiger partial charge on any atom is 0.145 e. The summed E-state index contributed by atoms with van der Waals surface area (Å²) in [5.41, 5.74) is 0.476. The van der Waals surface area contributed by atoms with Crippen molar-refractivity contribution in [2.75, 3.05) is 24.2 Å². The van der Waals surface area contributed by atoms with Gasteiger partial charge < -0.3 is 10.6 Å². The molecule has 1 aliphatic carbocycles. The van der Waals surface area contributed by atoms with Gasteiger partial charge in [-0.25, -0.2) is 9.97 Å². The third-order valence-corrected chi connectivity index (χ3v) is 3.56. The Morgan fingerprint density at radius 1 is 1.40 bits per heavy atom. The average Bonchev–Trinajstić information content (AvgIpc) is 2.96. The van der Waals surface area contributed by atoms with Gasteiger partial charge in [-0.2, -0.15) is 0 Å². The molecule has 0 spiro atoms. The Bertz CT molecular complexity index is 362. The zero-order valence-corrected chi connectivity index (χ0v) is 10.6. The van der Waals surface area contributed by atoms with E-state index in [4.69, 9.17) is 0 Å². The van der Waals surface area contributed by atoms with E-state index in [-0.39, 0.29) is 0 Å². The lowest BCUT2D eigenvalue weighted by atomic mass is 10.1. The quantitative estimate of drug-likeness (QED) is 0.883. The molecule has 1 fully saturated rings. The predicted molar refractivity (Wildman–Crippen MR) is 65.1 cm³/mol. The Morgan fingerprint density at radius 3 is 2.67 bits per heavy atom. The van der Waals surface area contributed by atoms with Gasteiger partial charge in [-0.3, -0.25) is 0 Å². The van der Waals surface area contributed by atoms with Crippen LogP contribution in [-0.2, 0) is 0 Å². The Balaban J connectivity index is 2.07. The van der Waals surface area contributed by atoms with E-state index in [9.17, 15) is 0 Å². The SMILES string of the molecule is CNc1ncnc(NCC2(C)CC2)c1Br. The average molecular weight is 271 g/mol. The van der Waals surface area contributed by atoms with Crippen LogP contribution >= 0.6 is 15.9 Å². The molecule has 5 heteroatoms. The number of halogens is 1. The predicted octanol–water partition coefficient (Wildman–Crippen LogP) is 2.49. The molecule has 1 aromatic heterocycles. The molecule has 1 aromatic rings.